The standard InChI is InChI=1S/C20H20BrN3O3/c1-23(2)20(27)14-7-3-5-9-16(14)22-19(26)13-11-18(25)24(12-13)17-10-6-4-8-15(17)21/h3-10,13H,11-12H2,1-2H3,(H,22,26). The number of hydrogen-bond acceptors (Lipinski definition) is 3. The maximum Gasteiger partial charge on any atom is 0.255 e. The molecule has 6 nitrogen and oxygen atoms in total. The first-order valence-corrected chi connectivity index (χ1v) is 9.34. The van der Waals surface area contributed by atoms with Gasteiger partial charge in [-0.05, 0) is 40.2 Å². The molecule has 1 aliphatic heterocycles. The minimum Gasteiger partial charge on any atom is -0.345 e. The molecule has 140 valence electrons. The molecule has 7 heteroatoms. The number of para-hydroxylation sites is 2. The molecule has 0 bridgehead atoms. The molecule has 2 aromatic rings. The summed E-state index contributed by atoms with van der Waals surface area (Å²) in [7, 11) is 3.32. The third kappa shape index (κ3) is 4.03. The summed E-state index contributed by atoms with van der Waals surface area (Å²) in [6, 6.07) is 14.3. The molecule has 0 aliphatic carbocycles. The van der Waals surface area contributed by atoms with E-state index in [0.29, 0.717) is 17.8 Å². The number of carbonyl (C=O) groups is 3. The largest absolute Gasteiger partial charge is 0.345 e. The zero-order valence-electron chi connectivity index (χ0n) is 15.1. The molecule has 0 radical (unpaired) electrons. The normalized spacial score (nSPS) is 16.3. The Morgan fingerprint density at radius 1 is 1.11 bits per heavy atom. The fourth-order valence-electron chi connectivity index (χ4n) is 3.04. The molecular formula is C20H20BrN3O3. The van der Waals surface area contributed by atoms with Crippen molar-refractivity contribution < 1.29 is 14.4 Å². The molecule has 1 unspecified atom stereocenters. The highest BCUT2D eigenvalue weighted by molar-refractivity contribution is 9.10. The quantitative estimate of drug-likeness (QED) is 0.811. The maximum absolute atomic E-state index is 12.7. The number of amides is 3. The molecule has 1 aliphatic rings. The average Bonchev–Trinajstić information content (AvgIpc) is 3.03. The van der Waals surface area contributed by atoms with Crippen LogP contribution in [-0.2, 0) is 9.59 Å². The van der Waals surface area contributed by atoms with Crippen LogP contribution >= 0.6 is 15.9 Å². The monoisotopic (exact) mass is 429 g/mol. The minimum absolute atomic E-state index is 0.0975. The van der Waals surface area contributed by atoms with Crippen molar-refractivity contribution in [3.05, 3.63) is 58.6 Å². The van der Waals surface area contributed by atoms with Gasteiger partial charge in [-0.25, -0.2) is 0 Å². The van der Waals surface area contributed by atoms with Gasteiger partial charge in [0.25, 0.3) is 5.91 Å². The Morgan fingerprint density at radius 2 is 1.78 bits per heavy atom. The van der Waals surface area contributed by atoms with E-state index in [1.165, 1.54) is 4.90 Å². The Bertz CT molecular complexity index is 898. The van der Waals surface area contributed by atoms with Crippen molar-refractivity contribution in [1.29, 1.82) is 0 Å². The van der Waals surface area contributed by atoms with Crippen LogP contribution in [0.25, 0.3) is 0 Å². The van der Waals surface area contributed by atoms with Gasteiger partial charge in [0.2, 0.25) is 11.8 Å². The Balaban J connectivity index is 1.76. The Morgan fingerprint density at radius 3 is 2.48 bits per heavy atom. The lowest BCUT2D eigenvalue weighted by atomic mass is 10.1. The van der Waals surface area contributed by atoms with Crippen LogP contribution in [0.1, 0.15) is 16.8 Å². The van der Waals surface area contributed by atoms with Crippen LogP contribution in [-0.4, -0.2) is 43.3 Å². The van der Waals surface area contributed by atoms with Crippen LogP contribution in [0.3, 0.4) is 0 Å². The smallest absolute Gasteiger partial charge is 0.255 e. The molecule has 3 rings (SSSR count). The second-order valence-corrected chi connectivity index (χ2v) is 7.45. The van der Waals surface area contributed by atoms with E-state index in [2.05, 4.69) is 21.2 Å². The van der Waals surface area contributed by atoms with E-state index in [1.807, 2.05) is 24.3 Å². The number of rotatable bonds is 4. The molecule has 1 saturated heterocycles. The molecule has 1 atom stereocenters. The zero-order chi connectivity index (χ0) is 19.6. The molecule has 0 aromatic heterocycles. The number of carbonyl (C=O) groups excluding carboxylic acids is 3. The molecule has 3 amide bonds. The van der Waals surface area contributed by atoms with E-state index in [0.717, 1.165) is 10.2 Å². The van der Waals surface area contributed by atoms with Gasteiger partial charge in [-0.3, -0.25) is 14.4 Å². The molecule has 0 saturated carbocycles. The third-order valence-corrected chi connectivity index (χ3v) is 5.13. The highest BCUT2D eigenvalue weighted by Crippen LogP contribution is 2.31. The average molecular weight is 430 g/mol. The van der Waals surface area contributed by atoms with Gasteiger partial charge in [0.15, 0.2) is 0 Å². The predicted molar refractivity (Wildman–Crippen MR) is 108 cm³/mol. The van der Waals surface area contributed by atoms with E-state index >= 15 is 0 Å². The summed E-state index contributed by atoms with van der Waals surface area (Å²) in [5.74, 6) is -1.04. The fourth-order valence-corrected chi connectivity index (χ4v) is 3.54. The Kier molecular flexibility index (Phi) is 5.60. The first-order chi connectivity index (χ1) is 12.9. The van der Waals surface area contributed by atoms with E-state index in [9.17, 15) is 14.4 Å². The van der Waals surface area contributed by atoms with Gasteiger partial charge in [-0.15, -0.1) is 0 Å². The second kappa shape index (κ2) is 7.92. The summed E-state index contributed by atoms with van der Waals surface area (Å²) in [5, 5.41) is 2.82. The predicted octanol–water partition coefficient (Wildman–Crippen LogP) is 3.14. The molecular weight excluding hydrogens is 410 g/mol. The van der Waals surface area contributed by atoms with Crippen LogP contribution in [0.4, 0.5) is 11.4 Å². The number of nitrogens with one attached hydrogen (secondary N) is 1. The van der Waals surface area contributed by atoms with E-state index in [-0.39, 0.29) is 24.1 Å². The summed E-state index contributed by atoms with van der Waals surface area (Å²) in [5.41, 5.74) is 1.62. The van der Waals surface area contributed by atoms with Crippen molar-refractivity contribution in [2.75, 3.05) is 30.9 Å². The van der Waals surface area contributed by atoms with Crippen LogP contribution < -0.4 is 10.2 Å². The van der Waals surface area contributed by atoms with E-state index in [1.54, 1.807) is 43.3 Å². The van der Waals surface area contributed by atoms with Gasteiger partial charge in [-0.2, -0.15) is 0 Å². The van der Waals surface area contributed by atoms with E-state index < -0.39 is 5.92 Å². The molecule has 2 aromatic carbocycles. The molecule has 1 heterocycles. The molecule has 0 spiro atoms. The Hall–Kier alpha value is -2.67. The third-order valence-electron chi connectivity index (χ3n) is 4.46. The molecule has 1 N–H and O–H groups in total. The fraction of sp³-hybridized carbons (Fsp3) is 0.250. The van der Waals surface area contributed by atoms with Gasteiger partial charge in [-0.1, -0.05) is 24.3 Å². The van der Waals surface area contributed by atoms with Crippen LogP contribution in [0.15, 0.2) is 53.0 Å². The SMILES string of the molecule is CN(C)C(=O)c1ccccc1NC(=O)C1CC(=O)N(c2ccccc2Br)C1. The highest BCUT2D eigenvalue weighted by atomic mass is 79.9. The van der Waals surface area contributed by atoms with Gasteiger partial charge >= 0.3 is 0 Å². The summed E-state index contributed by atoms with van der Waals surface area (Å²) < 4.78 is 0.807. The van der Waals surface area contributed by atoms with Gasteiger partial charge in [0.05, 0.1) is 22.9 Å². The summed E-state index contributed by atoms with van der Waals surface area (Å²) in [6.07, 6.45) is 0.136. The second-order valence-electron chi connectivity index (χ2n) is 6.59. The topological polar surface area (TPSA) is 69.7 Å². The van der Waals surface area contributed by atoms with Gasteiger partial charge < -0.3 is 15.1 Å². The van der Waals surface area contributed by atoms with Crippen molar-refractivity contribution >= 4 is 45.0 Å². The summed E-state index contributed by atoms with van der Waals surface area (Å²) in [6.45, 7) is 0.303. The van der Waals surface area contributed by atoms with Crippen LogP contribution in [0.5, 0.6) is 0 Å². The lowest BCUT2D eigenvalue weighted by Gasteiger charge is -2.19. The number of nitrogens with zero attached hydrogens (tertiary/aromatic N) is 2. The minimum atomic E-state index is -0.480. The van der Waals surface area contributed by atoms with E-state index in [4.69, 9.17) is 0 Å². The number of benzene rings is 2. The van der Waals surface area contributed by atoms with Gasteiger partial charge in [0.1, 0.15) is 0 Å². The number of halogens is 1. The number of hydrogen-bond donors (Lipinski definition) is 1. The van der Waals surface area contributed by atoms with Crippen LogP contribution in [0.2, 0.25) is 0 Å². The molecule has 27 heavy (non-hydrogen) atoms. The first kappa shape index (κ1) is 19.1. The lowest BCUT2D eigenvalue weighted by Crippen LogP contribution is -2.29. The molecule has 1 fully saturated rings. The maximum atomic E-state index is 12.7. The van der Waals surface area contributed by atoms with Crippen molar-refractivity contribution in [3.63, 3.8) is 0 Å². The number of anilines is 2. The summed E-state index contributed by atoms with van der Waals surface area (Å²) >= 11 is 3.45. The van der Waals surface area contributed by atoms with Crippen molar-refractivity contribution in [1.82, 2.24) is 4.90 Å². The van der Waals surface area contributed by atoms with Crippen LogP contribution in [0, 0.1) is 5.92 Å². The summed E-state index contributed by atoms with van der Waals surface area (Å²) in [4.78, 5) is 40.5. The van der Waals surface area contributed by atoms with Crippen molar-refractivity contribution in [3.8, 4) is 0 Å². The zero-order valence-corrected chi connectivity index (χ0v) is 16.7. The van der Waals surface area contributed by atoms with Crippen molar-refractivity contribution in [2.45, 2.75) is 6.42 Å². The highest BCUT2D eigenvalue weighted by Gasteiger charge is 2.36. The first-order valence-electron chi connectivity index (χ1n) is 8.55. The Labute approximate surface area is 166 Å². The van der Waals surface area contributed by atoms with Gasteiger partial charge in [0, 0.05) is 31.5 Å². The van der Waals surface area contributed by atoms with Crippen molar-refractivity contribution in [2.24, 2.45) is 5.92 Å². The lowest BCUT2D eigenvalue weighted by molar-refractivity contribution is -0.122.